The number of halogens is 7. The molecule has 0 radical (unpaired) electrons. The Hall–Kier alpha value is -3.79. The number of alkyl halides is 6. The van der Waals surface area contributed by atoms with Gasteiger partial charge in [-0.15, -0.1) is 0 Å². The summed E-state index contributed by atoms with van der Waals surface area (Å²) in [6.45, 7) is 0.0732. The molecule has 208 valence electrons. The summed E-state index contributed by atoms with van der Waals surface area (Å²) >= 11 is 6.41. The zero-order valence-electron chi connectivity index (χ0n) is 20.8. The Morgan fingerprint density at radius 3 is 2.15 bits per heavy atom. The van der Waals surface area contributed by atoms with Gasteiger partial charge in [0, 0.05) is 23.7 Å². The predicted octanol–water partition coefficient (Wildman–Crippen LogP) is 8.27. The van der Waals surface area contributed by atoms with Crippen molar-refractivity contribution in [1.82, 2.24) is 14.5 Å². The number of carbonyl (C=O) groups excluding carboxylic acids is 1. The van der Waals surface area contributed by atoms with E-state index in [-0.39, 0.29) is 29.9 Å². The maximum Gasteiger partial charge on any atom is 0.416 e. The van der Waals surface area contributed by atoms with E-state index in [1.165, 1.54) is 10.9 Å². The van der Waals surface area contributed by atoms with Crippen molar-refractivity contribution >= 4 is 17.5 Å². The molecule has 1 fully saturated rings. The number of hydrogen-bond donors (Lipinski definition) is 0. The third kappa shape index (κ3) is 5.58. The number of benzene rings is 3. The van der Waals surface area contributed by atoms with Crippen LogP contribution in [0.3, 0.4) is 0 Å². The van der Waals surface area contributed by atoms with Gasteiger partial charge in [-0.1, -0.05) is 60.1 Å². The average molecular weight is 578 g/mol. The zero-order valence-corrected chi connectivity index (χ0v) is 21.6. The smallest absolute Gasteiger partial charge is 0.330 e. The van der Waals surface area contributed by atoms with Crippen LogP contribution in [0.15, 0.2) is 79.1 Å². The highest BCUT2D eigenvalue weighted by Gasteiger charge is 2.38. The first-order valence-corrected chi connectivity index (χ1v) is 12.8. The van der Waals surface area contributed by atoms with E-state index in [1.54, 1.807) is 47.4 Å². The lowest BCUT2D eigenvalue weighted by molar-refractivity contribution is -0.143. The standard InChI is InChI=1S/C29H22ClF6N3O/c30-23-10-5-4-9-22(23)24-11-6-12-39(24)27(40)25-26(19-7-2-1-3-8-19)38(17-37-25)16-18-13-20(28(31,32)33)15-21(14-18)29(34,35)36/h1-5,7-10,13-15,17,24H,6,11-12,16H2. The zero-order chi connectivity index (χ0) is 28.7. The van der Waals surface area contributed by atoms with Crippen LogP contribution in [0.4, 0.5) is 26.3 Å². The maximum atomic E-state index is 13.9. The van der Waals surface area contributed by atoms with Gasteiger partial charge in [0.05, 0.1) is 29.2 Å². The number of imidazole rings is 1. The van der Waals surface area contributed by atoms with Crippen LogP contribution in [-0.2, 0) is 18.9 Å². The highest BCUT2D eigenvalue weighted by molar-refractivity contribution is 6.31. The Morgan fingerprint density at radius 2 is 1.52 bits per heavy atom. The SMILES string of the molecule is O=C(c1ncn(Cc2cc(C(F)(F)F)cc(C(F)(F)F)c2)c1-c1ccccc1)N1CCCC1c1ccccc1Cl. The molecule has 1 aromatic heterocycles. The third-order valence-electron chi connectivity index (χ3n) is 6.87. The van der Waals surface area contributed by atoms with Crippen molar-refractivity contribution in [2.45, 2.75) is 37.8 Å². The molecule has 0 spiro atoms. The van der Waals surface area contributed by atoms with Crippen LogP contribution in [-0.4, -0.2) is 26.9 Å². The summed E-state index contributed by atoms with van der Waals surface area (Å²) in [4.78, 5) is 19.9. The minimum Gasteiger partial charge on any atom is -0.330 e. The van der Waals surface area contributed by atoms with Crippen LogP contribution in [0.5, 0.6) is 0 Å². The molecule has 1 saturated heterocycles. The Kier molecular flexibility index (Phi) is 7.39. The molecule has 1 amide bonds. The minimum absolute atomic E-state index is 0.0492. The number of carbonyl (C=O) groups is 1. The van der Waals surface area contributed by atoms with Gasteiger partial charge >= 0.3 is 12.4 Å². The van der Waals surface area contributed by atoms with E-state index in [0.717, 1.165) is 12.0 Å². The summed E-state index contributed by atoms with van der Waals surface area (Å²) in [7, 11) is 0. The first kappa shape index (κ1) is 27.8. The van der Waals surface area contributed by atoms with Crippen LogP contribution in [0.25, 0.3) is 11.3 Å². The molecule has 0 bridgehead atoms. The first-order chi connectivity index (χ1) is 18.9. The van der Waals surface area contributed by atoms with Crippen molar-refractivity contribution in [2.24, 2.45) is 0 Å². The van der Waals surface area contributed by atoms with E-state index in [1.807, 2.05) is 12.1 Å². The number of hydrogen-bond acceptors (Lipinski definition) is 2. The van der Waals surface area contributed by atoms with Gasteiger partial charge in [-0.3, -0.25) is 4.79 Å². The Balaban J connectivity index is 1.57. The summed E-state index contributed by atoms with van der Waals surface area (Å²) in [6, 6.07) is 17.0. The summed E-state index contributed by atoms with van der Waals surface area (Å²) < 4.78 is 82.2. The van der Waals surface area contributed by atoms with Gasteiger partial charge < -0.3 is 9.47 Å². The van der Waals surface area contributed by atoms with Gasteiger partial charge in [0.25, 0.3) is 5.91 Å². The average Bonchev–Trinajstić information content (AvgIpc) is 3.56. The first-order valence-electron chi connectivity index (χ1n) is 12.4. The normalized spacial score (nSPS) is 16.0. The minimum atomic E-state index is -4.97. The molecule has 0 N–H and O–H groups in total. The number of nitrogens with zero attached hydrogens (tertiary/aromatic N) is 3. The quantitative estimate of drug-likeness (QED) is 0.224. The molecule has 3 aromatic carbocycles. The number of amides is 1. The van der Waals surface area contributed by atoms with Crippen LogP contribution >= 0.6 is 11.6 Å². The fourth-order valence-electron chi connectivity index (χ4n) is 5.08. The molecule has 0 saturated carbocycles. The van der Waals surface area contributed by atoms with Gasteiger partial charge in [-0.2, -0.15) is 26.3 Å². The van der Waals surface area contributed by atoms with Gasteiger partial charge in [-0.05, 0) is 48.2 Å². The summed E-state index contributed by atoms with van der Waals surface area (Å²) in [5.74, 6) is -0.403. The number of likely N-dealkylation sites (tertiary alicyclic amines) is 1. The van der Waals surface area contributed by atoms with Crippen LogP contribution < -0.4 is 0 Å². The highest BCUT2D eigenvalue weighted by atomic mass is 35.5. The molecule has 1 atom stereocenters. The van der Waals surface area contributed by atoms with Gasteiger partial charge in [0.2, 0.25) is 0 Å². The number of rotatable bonds is 5. The Bertz CT molecular complexity index is 1500. The molecule has 40 heavy (non-hydrogen) atoms. The molecule has 0 aliphatic carbocycles. The van der Waals surface area contributed by atoms with Crippen LogP contribution in [0, 0.1) is 0 Å². The summed E-state index contributed by atoms with van der Waals surface area (Å²) in [5, 5.41) is 0.519. The van der Waals surface area contributed by atoms with E-state index in [2.05, 4.69) is 4.98 Å². The monoisotopic (exact) mass is 577 g/mol. The predicted molar refractivity (Wildman–Crippen MR) is 138 cm³/mol. The van der Waals surface area contributed by atoms with E-state index in [9.17, 15) is 31.1 Å². The molecule has 4 nitrogen and oxygen atoms in total. The second-order valence-electron chi connectivity index (χ2n) is 9.53. The lowest BCUT2D eigenvalue weighted by atomic mass is 10.0. The summed E-state index contributed by atoms with van der Waals surface area (Å²) in [5.41, 5.74) is -1.37. The van der Waals surface area contributed by atoms with E-state index in [0.29, 0.717) is 41.4 Å². The second-order valence-corrected chi connectivity index (χ2v) is 9.94. The molecule has 1 aliphatic rings. The molecular formula is C29H22ClF6N3O. The second kappa shape index (κ2) is 10.6. The lowest BCUT2D eigenvalue weighted by Gasteiger charge is -2.25. The highest BCUT2D eigenvalue weighted by Crippen LogP contribution is 2.39. The molecule has 1 aliphatic heterocycles. The molecule has 5 rings (SSSR count). The Morgan fingerprint density at radius 1 is 0.900 bits per heavy atom. The van der Waals surface area contributed by atoms with Crippen LogP contribution in [0.2, 0.25) is 5.02 Å². The fraction of sp³-hybridized carbons (Fsp3) is 0.241. The van der Waals surface area contributed by atoms with Crippen molar-refractivity contribution in [1.29, 1.82) is 0 Å². The Labute approximate surface area is 230 Å². The maximum absolute atomic E-state index is 13.9. The van der Waals surface area contributed by atoms with Crippen molar-refractivity contribution < 1.29 is 31.1 Å². The molecule has 2 heterocycles. The summed E-state index contributed by atoms with van der Waals surface area (Å²) in [6.07, 6.45) is -7.27. The van der Waals surface area contributed by atoms with Gasteiger partial charge in [0.15, 0.2) is 5.69 Å². The van der Waals surface area contributed by atoms with Gasteiger partial charge in [0.1, 0.15) is 0 Å². The van der Waals surface area contributed by atoms with Crippen molar-refractivity contribution in [2.75, 3.05) is 6.54 Å². The van der Waals surface area contributed by atoms with E-state index < -0.39 is 29.4 Å². The molecule has 4 aromatic rings. The topological polar surface area (TPSA) is 38.1 Å². The van der Waals surface area contributed by atoms with Crippen molar-refractivity contribution in [3.05, 3.63) is 112 Å². The van der Waals surface area contributed by atoms with Gasteiger partial charge in [-0.25, -0.2) is 4.98 Å². The van der Waals surface area contributed by atoms with Crippen LogP contribution in [0.1, 0.15) is 51.6 Å². The third-order valence-corrected chi connectivity index (χ3v) is 7.21. The lowest BCUT2D eigenvalue weighted by Crippen LogP contribution is -2.31. The van der Waals surface area contributed by atoms with E-state index >= 15 is 0 Å². The molecular weight excluding hydrogens is 556 g/mol. The molecule has 11 heteroatoms. The molecule has 1 unspecified atom stereocenters. The van der Waals surface area contributed by atoms with E-state index in [4.69, 9.17) is 11.6 Å². The number of aromatic nitrogens is 2. The van der Waals surface area contributed by atoms with Crippen molar-refractivity contribution in [3.8, 4) is 11.3 Å². The van der Waals surface area contributed by atoms with Crippen molar-refractivity contribution in [3.63, 3.8) is 0 Å². The fourth-order valence-corrected chi connectivity index (χ4v) is 5.34. The largest absolute Gasteiger partial charge is 0.416 e.